The van der Waals surface area contributed by atoms with Gasteiger partial charge in [0.25, 0.3) is 0 Å². The lowest BCUT2D eigenvalue weighted by Gasteiger charge is -2.30. The molecule has 2 rings (SSSR count). The molecule has 0 amide bonds. The highest BCUT2D eigenvalue weighted by atomic mass is 16.1. The molecule has 1 atom stereocenters. The summed E-state index contributed by atoms with van der Waals surface area (Å²) in [5.41, 5.74) is 2.34. The zero-order chi connectivity index (χ0) is 16.0. The van der Waals surface area contributed by atoms with Crippen LogP contribution >= 0.6 is 0 Å². The molecule has 2 aromatic carbocycles. The monoisotopic (exact) mass is 292 g/mol. The first-order chi connectivity index (χ1) is 10.5. The molecule has 1 heteroatoms. The van der Waals surface area contributed by atoms with Gasteiger partial charge in [-0.3, -0.25) is 4.79 Å². The predicted molar refractivity (Wildman–Crippen MR) is 93.7 cm³/mol. The Morgan fingerprint density at radius 1 is 0.955 bits per heavy atom. The molecule has 0 saturated carbocycles. The van der Waals surface area contributed by atoms with Gasteiger partial charge in [-0.05, 0) is 28.5 Å². The van der Waals surface area contributed by atoms with Crippen molar-refractivity contribution in [2.75, 3.05) is 0 Å². The van der Waals surface area contributed by atoms with E-state index in [1.54, 1.807) is 6.08 Å². The number of hydrogen-bond acceptors (Lipinski definition) is 1. The van der Waals surface area contributed by atoms with Gasteiger partial charge in [0.1, 0.15) is 0 Å². The Hall–Kier alpha value is -2.15. The zero-order valence-electron chi connectivity index (χ0n) is 13.6. The van der Waals surface area contributed by atoms with Crippen LogP contribution < -0.4 is 0 Å². The maximum Gasteiger partial charge on any atom is 0.156 e. The predicted octanol–water partition coefficient (Wildman–Crippen LogP) is 5.49. The highest BCUT2D eigenvalue weighted by Gasteiger charge is 2.27. The third-order valence-corrected chi connectivity index (χ3v) is 3.91. The van der Waals surface area contributed by atoms with E-state index in [0.717, 1.165) is 5.56 Å². The van der Waals surface area contributed by atoms with Crippen LogP contribution in [0.3, 0.4) is 0 Å². The molecule has 22 heavy (non-hydrogen) atoms. The number of allylic oxidation sites excluding steroid dienone is 1. The van der Waals surface area contributed by atoms with Crippen LogP contribution in [-0.4, -0.2) is 5.78 Å². The van der Waals surface area contributed by atoms with Crippen molar-refractivity contribution in [3.05, 3.63) is 77.9 Å². The van der Waals surface area contributed by atoms with Crippen molar-refractivity contribution < 1.29 is 4.79 Å². The maximum absolute atomic E-state index is 12.4. The van der Waals surface area contributed by atoms with Crippen LogP contribution in [0.2, 0.25) is 0 Å². The van der Waals surface area contributed by atoms with Crippen LogP contribution in [0, 0.1) is 5.41 Å². The van der Waals surface area contributed by atoms with E-state index in [-0.39, 0.29) is 17.1 Å². The van der Waals surface area contributed by atoms with Crippen LogP contribution in [0.1, 0.15) is 44.2 Å². The van der Waals surface area contributed by atoms with Crippen LogP contribution in [0.25, 0.3) is 6.08 Å². The van der Waals surface area contributed by atoms with E-state index in [1.807, 2.05) is 54.6 Å². The Kier molecular flexibility index (Phi) is 5.32. The normalized spacial score (nSPS) is 13.2. The van der Waals surface area contributed by atoms with Gasteiger partial charge in [-0.15, -0.1) is 0 Å². The first kappa shape index (κ1) is 16.2. The van der Waals surface area contributed by atoms with Gasteiger partial charge in [-0.1, -0.05) is 87.5 Å². The summed E-state index contributed by atoms with van der Waals surface area (Å²) in [5, 5.41) is 0. The molecule has 0 aromatic heterocycles. The molecule has 0 aliphatic carbocycles. The Labute approximate surface area is 133 Å². The molecular weight excluding hydrogens is 268 g/mol. The van der Waals surface area contributed by atoms with Crippen LogP contribution in [0.4, 0.5) is 0 Å². The molecule has 114 valence electrons. The van der Waals surface area contributed by atoms with Crippen molar-refractivity contribution in [3.8, 4) is 0 Å². The minimum atomic E-state index is 0.0532. The molecule has 2 aromatic rings. The van der Waals surface area contributed by atoms with Crippen molar-refractivity contribution in [2.45, 2.75) is 33.1 Å². The summed E-state index contributed by atoms with van der Waals surface area (Å²) >= 11 is 0. The second-order valence-electron chi connectivity index (χ2n) is 6.74. The average molecular weight is 292 g/mol. The summed E-state index contributed by atoms with van der Waals surface area (Å²) in [6.45, 7) is 6.58. The topological polar surface area (TPSA) is 17.1 Å². The van der Waals surface area contributed by atoms with Gasteiger partial charge in [0.15, 0.2) is 5.78 Å². The molecule has 0 aliphatic heterocycles. The van der Waals surface area contributed by atoms with Gasteiger partial charge < -0.3 is 0 Å². The minimum Gasteiger partial charge on any atom is -0.295 e. The highest BCUT2D eigenvalue weighted by Crippen LogP contribution is 2.37. The molecule has 1 unspecified atom stereocenters. The zero-order valence-corrected chi connectivity index (χ0v) is 13.6. The van der Waals surface area contributed by atoms with Gasteiger partial charge in [-0.2, -0.15) is 0 Å². The van der Waals surface area contributed by atoms with E-state index in [9.17, 15) is 4.79 Å². The SMILES string of the molecule is CC(C)(C)C(CC(=O)C=Cc1ccccc1)c1ccccc1. The summed E-state index contributed by atoms with van der Waals surface area (Å²) < 4.78 is 0. The van der Waals surface area contributed by atoms with E-state index >= 15 is 0 Å². The molecule has 0 saturated heterocycles. The lowest BCUT2D eigenvalue weighted by molar-refractivity contribution is -0.115. The average Bonchev–Trinajstić information content (AvgIpc) is 2.51. The Bertz CT molecular complexity index is 618. The second kappa shape index (κ2) is 7.22. The quantitative estimate of drug-likeness (QED) is 0.666. The molecule has 0 heterocycles. The van der Waals surface area contributed by atoms with E-state index < -0.39 is 0 Å². The van der Waals surface area contributed by atoms with E-state index in [1.165, 1.54) is 5.56 Å². The number of carbonyl (C=O) groups is 1. The molecule has 0 N–H and O–H groups in total. The van der Waals surface area contributed by atoms with Gasteiger partial charge in [-0.25, -0.2) is 0 Å². The molecule has 1 nitrogen and oxygen atoms in total. The summed E-state index contributed by atoms with van der Waals surface area (Å²) in [7, 11) is 0. The summed E-state index contributed by atoms with van der Waals surface area (Å²) in [4.78, 5) is 12.4. The smallest absolute Gasteiger partial charge is 0.156 e. The minimum absolute atomic E-state index is 0.0532. The Balaban J connectivity index is 2.11. The number of benzene rings is 2. The fraction of sp³-hybridized carbons (Fsp3) is 0.286. The van der Waals surface area contributed by atoms with Crippen LogP contribution in [-0.2, 0) is 4.79 Å². The van der Waals surface area contributed by atoms with Gasteiger partial charge in [0.05, 0.1) is 0 Å². The Morgan fingerprint density at radius 3 is 2.05 bits per heavy atom. The lowest BCUT2D eigenvalue weighted by atomic mass is 9.74. The fourth-order valence-corrected chi connectivity index (χ4v) is 2.63. The number of carbonyl (C=O) groups excluding carboxylic acids is 1. The summed E-state index contributed by atoms with van der Waals surface area (Å²) in [6.07, 6.45) is 4.14. The van der Waals surface area contributed by atoms with Gasteiger partial charge >= 0.3 is 0 Å². The standard InChI is InChI=1S/C21H24O/c1-21(2,3)20(18-12-8-5-9-13-18)16-19(22)15-14-17-10-6-4-7-11-17/h4-15,20H,16H2,1-3H3. The van der Waals surface area contributed by atoms with Crippen molar-refractivity contribution >= 4 is 11.9 Å². The third kappa shape index (κ3) is 4.70. The number of ketones is 1. The fourth-order valence-electron chi connectivity index (χ4n) is 2.63. The lowest BCUT2D eigenvalue weighted by Crippen LogP contribution is -2.21. The number of rotatable bonds is 5. The second-order valence-corrected chi connectivity index (χ2v) is 6.74. The van der Waals surface area contributed by atoms with E-state index in [4.69, 9.17) is 0 Å². The van der Waals surface area contributed by atoms with Crippen LogP contribution in [0.15, 0.2) is 66.7 Å². The maximum atomic E-state index is 12.4. The van der Waals surface area contributed by atoms with Crippen molar-refractivity contribution in [3.63, 3.8) is 0 Å². The number of hydrogen-bond donors (Lipinski definition) is 0. The molecule has 0 radical (unpaired) electrons. The van der Waals surface area contributed by atoms with Gasteiger partial charge in [0.2, 0.25) is 0 Å². The largest absolute Gasteiger partial charge is 0.295 e. The van der Waals surface area contributed by atoms with Gasteiger partial charge in [0, 0.05) is 6.42 Å². The van der Waals surface area contributed by atoms with E-state index in [2.05, 4.69) is 32.9 Å². The van der Waals surface area contributed by atoms with Crippen LogP contribution in [0.5, 0.6) is 0 Å². The molecule has 0 aliphatic rings. The molecule has 0 fully saturated rings. The highest BCUT2D eigenvalue weighted by molar-refractivity contribution is 5.94. The Morgan fingerprint density at radius 2 is 1.50 bits per heavy atom. The van der Waals surface area contributed by atoms with Crippen molar-refractivity contribution in [2.24, 2.45) is 5.41 Å². The first-order valence-electron chi connectivity index (χ1n) is 7.78. The molecular formula is C21H24O. The van der Waals surface area contributed by atoms with Crippen molar-refractivity contribution in [1.29, 1.82) is 0 Å². The third-order valence-electron chi connectivity index (χ3n) is 3.91. The van der Waals surface area contributed by atoms with Crippen molar-refractivity contribution in [1.82, 2.24) is 0 Å². The summed E-state index contributed by atoms with van der Waals surface area (Å²) in [5.74, 6) is 0.397. The van der Waals surface area contributed by atoms with E-state index in [0.29, 0.717) is 6.42 Å². The first-order valence-corrected chi connectivity index (χ1v) is 7.78. The summed E-state index contributed by atoms with van der Waals surface area (Å²) in [6, 6.07) is 20.3. The molecule has 0 spiro atoms. The molecule has 0 bridgehead atoms.